The molecular formula is C60H61F6N11O4. The number of carbonyl (C=O) groups excluding carboxylic acids is 2. The van der Waals surface area contributed by atoms with E-state index in [-0.39, 0.29) is 41.2 Å². The Morgan fingerprint density at radius 2 is 1.26 bits per heavy atom. The van der Waals surface area contributed by atoms with Gasteiger partial charge in [-0.25, -0.2) is 33.2 Å². The molecule has 2 amide bonds. The monoisotopic (exact) mass is 1110 g/mol. The normalized spacial score (nSPS) is 21.0. The lowest BCUT2D eigenvalue weighted by atomic mass is 9.89. The van der Waals surface area contributed by atoms with E-state index in [1.807, 2.05) is 74.3 Å². The van der Waals surface area contributed by atoms with Crippen molar-refractivity contribution in [3.8, 4) is 45.2 Å². The van der Waals surface area contributed by atoms with Crippen molar-refractivity contribution in [1.29, 1.82) is 5.26 Å². The molecule has 4 aliphatic rings. The number of ether oxygens (including phenoxy) is 1. The third-order valence-electron chi connectivity index (χ3n) is 14.7. The van der Waals surface area contributed by atoms with Crippen molar-refractivity contribution in [1.82, 2.24) is 19.8 Å². The average molecular weight is 1110 g/mol. The molecular weight excluding hydrogens is 1050 g/mol. The van der Waals surface area contributed by atoms with Gasteiger partial charge in [0.1, 0.15) is 40.9 Å². The first-order valence-corrected chi connectivity index (χ1v) is 25.8. The highest BCUT2D eigenvalue weighted by Gasteiger charge is 2.46. The van der Waals surface area contributed by atoms with Gasteiger partial charge in [0.15, 0.2) is 17.5 Å². The van der Waals surface area contributed by atoms with E-state index in [0.717, 1.165) is 35.6 Å². The van der Waals surface area contributed by atoms with E-state index in [2.05, 4.69) is 19.7 Å². The second kappa shape index (κ2) is 23.4. The van der Waals surface area contributed by atoms with Gasteiger partial charge in [-0.15, -0.1) is 13.2 Å². The van der Waals surface area contributed by atoms with Gasteiger partial charge in [-0.05, 0) is 145 Å². The van der Waals surface area contributed by atoms with E-state index in [9.17, 15) is 35.9 Å². The molecule has 6 aromatic rings. The Balaban J connectivity index is 0.000000165. The second-order valence-electron chi connectivity index (χ2n) is 20.8. The molecule has 1 saturated heterocycles. The Bertz CT molecular complexity index is 3470. The lowest BCUT2D eigenvalue weighted by Crippen LogP contribution is -2.46. The molecule has 10 rings (SSSR count). The number of nitrogens with two attached hydrogens (primary N) is 3. The quantitative estimate of drug-likeness (QED) is 0.117. The van der Waals surface area contributed by atoms with Gasteiger partial charge in [0.25, 0.3) is 5.91 Å². The summed E-state index contributed by atoms with van der Waals surface area (Å²) >= 11 is 0. The fourth-order valence-corrected chi connectivity index (χ4v) is 10.1. The van der Waals surface area contributed by atoms with Gasteiger partial charge >= 0.3 is 6.36 Å². The minimum atomic E-state index is -4.79. The molecule has 0 saturated carbocycles. The molecule has 6 N–H and O–H groups in total. The lowest BCUT2D eigenvalue weighted by molar-refractivity contribution is -0.274. The Kier molecular flexibility index (Phi) is 16.9. The molecule has 15 nitrogen and oxygen atoms in total. The van der Waals surface area contributed by atoms with Crippen LogP contribution in [0.4, 0.5) is 26.3 Å². The summed E-state index contributed by atoms with van der Waals surface area (Å²) in [5, 5.41) is 10.4. The topological polar surface area (TPSA) is 204 Å². The Morgan fingerprint density at radius 3 is 1.85 bits per heavy atom. The number of carbonyl (C=O) groups is 2. The van der Waals surface area contributed by atoms with Gasteiger partial charge in [0.2, 0.25) is 11.9 Å². The maximum Gasteiger partial charge on any atom is 0.573 e. The Hall–Kier alpha value is -8.90. The van der Waals surface area contributed by atoms with E-state index in [0.29, 0.717) is 77.7 Å². The number of alkyl halides is 3. The van der Waals surface area contributed by atoms with Crippen LogP contribution in [0.3, 0.4) is 0 Å². The number of nitrogens with zero attached hydrogens (tertiary/aromatic N) is 8. The lowest BCUT2D eigenvalue weighted by Gasteiger charge is -2.34. The van der Waals surface area contributed by atoms with Gasteiger partial charge in [-0.2, -0.15) is 5.26 Å². The van der Waals surface area contributed by atoms with Crippen LogP contribution in [0.5, 0.6) is 5.75 Å². The SMILES string of the molecule is CC(=O)N1CCC(CN2C(=O)C(C)(c3cccc(-c4cccc(OC(F)(F)F)c4)c3)N=C2N)CC1.CN1CC(C)(c2cccc(-c3cc(F)cc(F)c3)c2)N=C1N.CN1OCC(C)(c2cccc(-c3cc(C#N)ccc3F)c2)N=C1N. The predicted molar refractivity (Wildman–Crippen MR) is 297 cm³/mol. The number of benzene rings is 6. The van der Waals surface area contributed by atoms with Crippen molar-refractivity contribution in [3.63, 3.8) is 0 Å². The molecule has 21 heteroatoms. The minimum absolute atomic E-state index is 0.0461. The first-order valence-electron chi connectivity index (χ1n) is 25.8. The number of rotatable bonds is 9. The highest BCUT2D eigenvalue weighted by molar-refractivity contribution is 6.07. The summed E-state index contributed by atoms with van der Waals surface area (Å²) in [7, 11) is 3.58. The third-order valence-corrected chi connectivity index (χ3v) is 14.7. The van der Waals surface area contributed by atoms with Crippen LogP contribution in [0.25, 0.3) is 33.4 Å². The van der Waals surface area contributed by atoms with Gasteiger partial charge in [0, 0.05) is 58.8 Å². The van der Waals surface area contributed by atoms with Crippen LogP contribution >= 0.6 is 0 Å². The van der Waals surface area contributed by atoms with Crippen LogP contribution in [-0.2, 0) is 31.0 Å². The van der Waals surface area contributed by atoms with E-state index < -0.39 is 34.6 Å². The molecule has 4 heterocycles. The van der Waals surface area contributed by atoms with Crippen LogP contribution in [0.15, 0.2) is 148 Å². The van der Waals surface area contributed by atoms with E-state index in [1.165, 1.54) is 52.4 Å². The summed E-state index contributed by atoms with van der Waals surface area (Å²) in [4.78, 5) is 49.3. The number of aliphatic imine (C=N–C) groups is 3. The molecule has 0 aliphatic carbocycles. The highest BCUT2D eigenvalue weighted by atomic mass is 19.4. The molecule has 422 valence electrons. The molecule has 81 heavy (non-hydrogen) atoms. The van der Waals surface area contributed by atoms with Crippen LogP contribution in [0.2, 0.25) is 0 Å². The molecule has 1 fully saturated rings. The summed E-state index contributed by atoms with van der Waals surface area (Å²) in [5.74, 6) is -0.974. The van der Waals surface area contributed by atoms with E-state index in [1.54, 1.807) is 68.3 Å². The summed E-state index contributed by atoms with van der Waals surface area (Å²) in [6, 6.07) is 37.4. The average Bonchev–Trinajstić information content (AvgIpc) is 3.83. The number of guanidine groups is 3. The maximum absolute atomic E-state index is 14.2. The summed E-state index contributed by atoms with van der Waals surface area (Å²) in [6.07, 6.45) is -3.24. The first-order chi connectivity index (χ1) is 38.3. The zero-order valence-corrected chi connectivity index (χ0v) is 45.4. The van der Waals surface area contributed by atoms with Crippen molar-refractivity contribution in [2.45, 2.75) is 63.5 Å². The fourth-order valence-electron chi connectivity index (χ4n) is 10.1. The van der Waals surface area contributed by atoms with Gasteiger partial charge in [-0.1, -0.05) is 66.7 Å². The van der Waals surface area contributed by atoms with Gasteiger partial charge < -0.3 is 31.7 Å². The number of halogens is 6. The molecule has 0 aromatic heterocycles. The molecule has 0 radical (unpaired) electrons. The summed E-state index contributed by atoms with van der Waals surface area (Å²) in [6.45, 7) is 9.85. The van der Waals surface area contributed by atoms with Crippen LogP contribution in [0, 0.1) is 34.7 Å². The van der Waals surface area contributed by atoms with Crippen LogP contribution in [-0.4, -0.2) is 103 Å². The van der Waals surface area contributed by atoms with Crippen LogP contribution in [0.1, 0.15) is 62.8 Å². The molecule has 0 spiro atoms. The molecule has 6 aromatic carbocycles. The van der Waals surface area contributed by atoms with Gasteiger partial charge in [-0.3, -0.25) is 19.3 Å². The van der Waals surface area contributed by atoms with Crippen molar-refractivity contribution < 1.29 is 45.5 Å². The Labute approximate surface area is 465 Å². The minimum Gasteiger partial charge on any atom is -0.406 e. The third kappa shape index (κ3) is 13.4. The Morgan fingerprint density at radius 1 is 0.704 bits per heavy atom. The number of amides is 2. The number of hydroxylamine groups is 2. The van der Waals surface area contributed by atoms with Crippen LogP contribution < -0.4 is 21.9 Å². The molecule has 4 aliphatic heterocycles. The van der Waals surface area contributed by atoms with Crippen molar-refractivity contribution in [2.24, 2.45) is 38.1 Å². The predicted octanol–water partition coefficient (Wildman–Crippen LogP) is 9.76. The second-order valence-corrected chi connectivity index (χ2v) is 20.8. The molecule has 0 bridgehead atoms. The highest BCUT2D eigenvalue weighted by Crippen LogP contribution is 2.38. The molecule has 3 atom stereocenters. The molecule has 3 unspecified atom stereocenters. The maximum atomic E-state index is 14.2. The number of hydrogen-bond donors (Lipinski definition) is 3. The van der Waals surface area contributed by atoms with Crippen molar-refractivity contribution in [2.75, 3.05) is 46.9 Å². The first kappa shape index (κ1) is 58.3. The summed E-state index contributed by atoms with van der Waals surface area (Å²) in [5.41, 5.74) is 21.8. The van der Waals surface area contributed by atoms with E-state index in [4.69, 9.17) is 27.3 Å². The van der Waals surface area contributed by atoms with Crippen molar-refractivity contribution >= 4 is 29.7 Å². The number of likely N-dealkylation sites (N-methyl/N-ethyl adjacent to an activating group) is 1. The summed E-state index contributed by atoms with van der Waals surface area (Å²) < 4.78 is 82.9. The largest absolute Gasteiger partial charge is 0.573 e. The number of likely N-dealkylation sites (tertiary alicyclic amines) is 1. The van der Waals surface area contributed by atoms with E-state index >= 15 is 0 Å². The number of nitriles is 1. The zero-order chi connectivity index (χ0) is 58.6. The smallest absolute Gasteiger partial charge is 0.406 e. The van der Waals surface area contributed by atoms with Gasteiger partial charge in [0.05, 0.1) is 11.6 Å². The van der Waals surface area contributed by atoms with Crippen molar-refractivity contribution in [3.05, 3.63) is 173 Å². The number of piperidine rings is 1. The fraction of sp³-hybridized carbons (Fsp3) is 0.300. The zero-order valence-electron chi connectivity index (χ0n) is 45.4. The number of hydrogen-bond acceptors (Lipinski definition) is 13. The standard InChI is InChI=1S/C25H27F3N4O3.C18H17FN4O.C17H17F2N3/c1-16(33)31-11-9-17(10-12-31)15-32-22(34)24(2,30-23(32)29)20-7-3-5-18(13-20)19-6-4-8-21(14-19)35-25(26,27)28;1-18(11-24-23(2)17(21)22-18)14-5-3-4-13(9-14)15-8-12(10-20)6-7-16(15)19;1-17(10-22(2)16(20)21-17)13-5-3-4-11(6-13)12-7-14(18)9-15(19)8-12/h3-8,13-14,17H,9-12,15H2,1-2H3,(H2,29,30);3-9H,11H2,1-2H3,(H2,21,22);3-9H,10H2,1-2H3,(H2,20,21).